The van der Waals surface area contributed by atoms with E-state index < -0.39 is 6.10 Å². The number of aliphatic hydroxyl groups excluding tert-OH is 1. The van der Waals surface area contributed by atoms with Crippen LogP contribution < -0.4 is 0 Å². The van der Waals surface area contributed by atoms with E-state index in [-0.39, 0.29) is 5.92 Å². The van der Waals surface area contributed by atoms with Crippen molar-refractivity contribution in [2.75, 3.05) is 0 Å². The summed E-state index contributed by atoms with van der Waals surface area (Å²) in [4.78, 5) is 4.21. The monoisotopic (exact) mass is 287 g/mol. The summed E-state index contributed by atoms with van der Waals surface area (Å²) >= 11 is 12.0. The van der Waals surface area contributed by atoms with E-state index in [1.165, 1.54) is 19.3 Å². The minimum absolute atomic E-state index is 0.273. The summed E-state index contributed by atoms with van der Waals surface area (Å²) < 4.78 is 0. The molecule has 1 heterocycles. The molecule has 0 aliphatic heterocycles. The molecule has 1 N–H and O–H groups in total. The van der Waals surface area contributed by atoms with Crippen molar-refractivity contribution in [1.82, 2.24) is 4.98 Å². The second-order valence-electron chi connectivity index (χ2n) is 5.08. The van der Waals surface area contributed by atoms with E-state index >= 15 is 0 Å². The molecular weight excluding hydrogens is 269 g/mol. The molecule has 1 aromatic rings. The fourth-order valence-corrected chi connectivity index (χ4v) is 3.50. The van der Waals surface area contributed by atoms with Crippen molar-refractivity contribution in [2.24, 2.45) is 11.8 Å². The largest absolute Gasteiger partial charge is 0.386 e. The van der Waals surface area contributed by atoms with Crippen molar-refractivity contribution < 1.29 is 5.11 Å². The Labute approximate surface area is 118 Å². The van der Waals surface area contributed by atoms with Gasteiger partial charge in [0.15, 0.2) is 0 Å². The SMILES string of the molecule is CCC1CCCCC1C(O)c1ncc(Cl)cc1Cl. The van der Waals surface area contributed by atoms with Crippen molar-refractivity contribution >= 4 is 23.2 Å². The molecule has 1 aromatic heterocycles. The number of aromatic nitrogens is 1. The number of nitrogens with zero attached hydrogens (tertiary/aromatic N) is 1. The summed E-state index contributed by atoms with van der Waals surface area (Å²) in [5, 5.41) is 11.5. The Kier molecular flexibility index (Phi) is 4.88. The smallest absolute Gasteiger partial charge is 0.101 e. The second-order valence-corrected chi connectivity index (χ2v) is 5.93. The lowest BCUT2D eigenvalue weighted by atomic mass is 9.74. The highest BCUT2D eigenvalue weighted by atomic mass is 35.5. The number of halogens is 2. The van der Waals surface area contributed by atoms with Gasteiger partial charge in [-0.1, -0.05) is 55.8 Å². The summed E-state index contributed by atoms with van der Waals surface area (Å²) in [6.45, 7) is 2.19. The molecule has 1 fully saturated rings. The number of hydrogen-bond donors (Lipinski definition) is 1. The summed E-state index contributed by atoms with van der Waals surface area (Å²) in [6.07, 6.45) is 6.79. The van der Waals surface area contributed by atoms with Crippen molar-refractivity contribution in [3.63, 3.8) is 0 Å². The molecule has 1 saturated carbocycles. The zero-order valence-corrected chi connectivity index (χ0v) is 12.1. The molecule has 18 heavy (non-hydrogen) atoms. The van der Waals surface area contributed by atoms with Gasteiger partial charge >= 0.3 is 0 Å². The third kappa shape index (κ3) is 2.98. The van der Waals surface area contributed by atoms with Crippen LogP contribution in [0.1, 0.15) is 50.8 Å². The first-order valence-corrected chi connectivity index (χ1v) is 7.38. The molecule has 2 nitrogen and oxygen atoms in total. The summed E-state index contributed by atoms with van der Waals surface area (Å²) in [7, 11) is 0. The van der Waals surface area contributed by atoms with Gasteiger partial charge in [0.25, 0.3) is 0 Å². The lowest BCUT2D eigenvalue weighted by Crippen LogP contribution is -2.26. The first kappa shape index (κ1) is 14.1. The zero-order chi connectivity index (χ0) is 13.1. The summed E-state index contributed by atoms with van der Waals surface area (Å²) in [6, 6.07) is 1.65. The van der Waals surface area contributed by atoms with Crippen LogP contribution in [-0.4, -0.2) is 10.1 Å². The van der Waals surface area contributed by atoms with Gasteiger partial charge in [0.1, 0.15) is 6.10 Å². The molecule has 0 radical (unpaired) electrons. The lowest BCUT2D eigenvalue weighted by molar-refractivity contribution is 0.0423. The Morgan fingerprint density at radius 3 is 2.78 bits per heavy atom. The highest BCUT2D eigenvalue weighted by molar-refractivity contribution is 6.34. The van der Waals surface area contributed by atoms with Gasteiger partial charge < -0.3 is 5.11 Å². The molecule has 100 valence electrons. The summed E-state index contributed by atoms with van der Waals surface area (Å²) in [5.41, 5.74) is 0.575. The molecule has 1 aliphatic carbocycles. The van der Waals surface area contributed by atoms with Gasteiger partial charge in [-0.25, -0.2) is 0 Å². The maximum Gasteiger partial charge on any atom is 0.101 e. The van der Waals surface area contributed by atoms with Crippen LogP contribution in [0, 0.1) is 11.8 Å². The highest BCUT2D eigenvalue weighted by Gasteiger charge is 2.32. The quantitative estimate of drug-likeness (QED) is 0.879. The fraction of sp³-hybridized carbons (Fsp3) is 0.643. The molecule has 0 spiro atoms. The van der Waals surface area contributed by atoms with E-state index in [4.69, 9.17) is 23.2 Å². The maximum absolute atomic E-state index is 10.5. The highest BCUT2D eigenvalue weighted by Crippen LogP contribution is 2.41. The first-order chi connectivity index (χ1) is 8.63. The van der Waals surface area contributed by atoms with Gasteiger partial charge in [0.05, 0.1) is 15.7 Å². The Balaban J connectivity index is 2.20. The van der Waals surface area contributed by atoms with E-state index in [9.17, 15) is 5.11 Å². The van der Waals surface area contributed by atoms with Crippen molar-refractivity contribution in [2.45, 2.75) is 45.1 Å². The predicted molar refractivity (Wildman–Crippen MR) is 75.0 cm³/mol. The molecule has 0 amide bonds. The van der Waals surface area contributed by atoms with Gasteiger partial charge in [0.2, 0.25) is 0 Å². The number of rotatable bonds is 3. The van der Waals surface area contributed by atoms with E-state index in [1.807, 2.05) is 0 Å². The molecular formula is C14H19Cl2NO. The van der Waals surface area contributed by atoms with Crippen LogP contribution in [0.25, 0.3) is 0 Å². The fourth-order valence-electron chi connectivity index (χ4n) is 3.00. The topological polar surface area (TPSA) is 33.1 Å². The predicted octanol–water partition coefficient (Wildman–Crippen LogP) is 4.64. The summed E-state index contributed by atoms with van der Waals surface area (Å²) in [5.74, 6) is 0.845. The molecule has 2 rings (SSSR count). The van der Waals surface area contributed by atoms with Crippen LogP contribution in [0.2, 0.25) is 10.0 Å². The normalized spacial score (nSPS) is 26.0. The van der Waals surface area contributed by atoms with Gasteiger partial charge in [-0.2, -0.15) is 0 Å². The Morgan fingerprint density at radius 2 is 2.11 bits per heavy atom. The third-order valence-electron chi connectivity index (χ3n) is 4.01. The van der Waals surface area contributed by atoms with E-state index in [0.717, 1.165) is 12.8 Å². The van der Waals surface area contributed by atoms with Crippen LogP contribution in [0.5, 0.6) is 0 Å². The lowest BCUT2D eigenvalue weighted by Gasteiger charge is -2.34. The van der Waals surface area contributed by atoms with E-state index in [1.54, 1.807) is 12.3 Å². The number of hydrogen-bond acceptors (Lipinski definition) is 2. The Bertz CT molecular complexity index is 411. The van der Waals surface area contributed by atoms with Crippen LogP contribution in [0.4, 0.5) is 0 Å². The molecule has 1 aliphatic rings. The Hall–Kier alpha value is -0.310. The third-order valence-corrected chi connectivity index (χ3v) is 4.52. The molecule has 0 bridgehead atoms. The second kappa shape index (κ2) is 6.23. The van der Waals surface area contributed by atoms with Gasteiger partial charge in [-0.05, 0) is 24.3 Å². The molecule has 3 unspecified atom stereocenters. The van der Waals surface area contributed by atoms with E-state index in [0.29, 0.717) is 21.7 Å². The number of aliphatic hydroxyl groups is 1. The zero-order valence-electron chi connectivity index (χ0n) is 10.6. The van der Waals surface area contributed by atoms with Gasteiger partial charge in [-0.3, -0.25) is 4.98 Å². The molecule has 3 atom stereocenters. The number of pyridine rings is 1. The van der Waals surface area contributed by atoms with Gasteiger partial charge in [0, 0.05) is 6.20 Å². The van der Waals surface area contributed by atoms with Crippen LogP contribution in [0.15, 0.2) is 12.3 Å². The average Bonchev–Trinajstić information content (AvgIpc) is 2.38. The minimum Gasteiger partial charge on any atom is -0.386 e. The molecule has 4 heteroatoms. The molecule has 0 aromatic carbocycles. The van der Waals surface area contributed by atoms with Crippen LogP contribution in [0.3, 0.4) is 0 Å². The minimum atomic E-state index is -0.569. The standard InChI is InChI=1S/C14H19Cl2NO/c1-2-9-5-3-4-6-11(9)14(18)13-12(16)7-10(15)8-17-13/h7-9,11,14,18H,2-6H2,1H3. The van der Waals surface area contributed by atoms with Crippen molar-refractivity contribution in [1.29, 1.82) is 0 Å². The first-order valence-electron chi connectivity index (χ1n) is 6.62. The van der Waals surface area contributed by atoms with Crippen LogP contribution in [-0.2, 0) is 0 Å². The van der Waals surface area contributed by atoms with Crippen molar-refractivity contribution in [3.05, 3.63) is 28.0 Å². The average molecular weight is 288 g/mol. The van der Waals surface area contributed by atoms with Crippen molar-refractivity contribution in [3.8, 4) is 0 Å². The van der Waals surface area contributed by atoms with Gasteiger partial charge in [-0.15, -0.1) is 0 Å². The molecule has 0 saturated heterocycles. The maximum atomic E-state index is 10.5. The van der Waals surface area contributed by atoms with Crippen LogP contribution >= 0.6 is 23.2 Å². The Morgan fingerprint density at radius 1 is 1.39 bits per heavy atom. The van der Waals surface area contributed by atoms with E-state index in [2.05, 4.69) is 11.9 Å².